The lowest BCUT2D eigenvalue weighted by atomic mass is 9.94. The van der Waals surface area contributed by atoms with Crippen LogP contribution in [0, 0.1) is 0 Å². The van der Waals surface area contributed by atoms with Gasteiger partial charge in [-0.05, 0) is 41.8 Å². The molecule has 0 saturated carbocycles. The van der Waals surface area contributed by atoms with E-state index >= 15 is 0 Å². The smallest absolute Gasteiger partial charge is 0.290 e. The molecular weight excluding hydrogens is 534 g/mol. The number of aliphatic hydroxyl groups excluding tert-OH is 1. The third-order valence-electron chi connectivity index (χ3n) is 6.71. The second-order valence-electron chi connectivity index (χ2n) is 9.32. The predicted molar refractivity (Wildman–Crippen MR) is 150 cm³/mol. The van der Waals surface area contributed by atoms with Crippen LogP contribution in [0.5, 0.6) is 11.5 Å². The van der Waals surface area contributed by atoms with E-state index in [4.69, 9.17) is 30.2 Å². The van der Waals surface area contributed by atoms with E-state index in [1.165, 1.54) is 18.1 Å². The Kier molecular flexibility index (Phi) is 8.09. The Morgan fingerprint density at radius 1 is 1.05 bits per heavy atom. The summed E-state index contributed by atoms with van der Waals surface area (Å²) in [5.41, 5.74) is 1.87. The van der Waals surface area contributed by atoms with E-state index < -0.39 is 23.5 Å². The Bertz CT molecular complexity index is 1580. The molecule has 8 nitrogen and oxygen atoms in total. The van der Waals surface area contributed by atoms with Crippen LogP contribution in [0.1, 0.15) is 34.1 Å². The van der Waals surface area contributed by atoms with Gasteiger partial charge in [0.05, 0.1) is 18.7 Å². The van der Waals surface area contributed by atoms with Gasteiger partial charge in [0, 0.05) is 36.7 Å². The summed E-state index contributed by atoms with van der Waals surface area (Å²) in [5.74, 6) is -0.999. The van der Waals surface area contributed by atoms with Gasteiger partial charge in [-0.1, -0.05) is 54.1 Å². The number of Topliss-reactive ketones (excluding diaryl/α,β-unsaturated/α-hetero) is 1. The van der Waals surface area contributed by atoms with Gasteiger partial charge in [0.15, 0.2) is 22.9 Å². The molecule has 1 amide bonds. The van der Waals surface area contributed by atoms with Crippen molar-refractivity contribution in [3.63, 3.8) is 0 Å². The second-order valence-corrected chi connectivity index (χ2v) is 9.76. The number of aliphatic hydroxyl groups is 1. The summed E-state index contributed by atoms with van der Waals surface area (Å²) < 4.78 is 22.4. The van der Waals surface area contributed by atoms with Crippen molar-refractivity contribution in [3.8, 4) is 11.5 Å². The van der Waals surface area contributed by atoms with Gasteiger partial charge in [-0.25, -0.2) is 0 Å². The molecule has 0 radical (unpaired) electrons. The number of hydrogen-bond donors (Lipinski definition) is 1. The van der Waals surface area contributed by atoms with Crippen molar-refractivity contribution in [1.29, 1.82) is 0 Å². The number of ketones is 1. The van der Waals surface area contributed by atoms with Gasteiger partial charge in [0.25, 0.3) is 5.91 Å². The molecule has 0 aliphatic carbocycles. The highest BCUT2D eigenvalue weighted by atomic mass is 35.5. The molecule has 1 unspecified atom stereocenters. The SMILES string of the molecule is COCCCN1C(=O)C(O)=C(C(=O)c2cc3cc(Cl)cc(OC)c3o2)C1c1cccc(OCc2ccccc2)c1. The van der Waals surface area contributed by atoms with Crippen LogP contribution in [0.15, 0.2) is 88.5 Å². The molecule has 0 fully saturated rings. The average Bonchev–Trinajstić information content (AvgIpc) is 3.51. The normalized spacial score (nSPS) is 15.2. The number of amides is 1. The van der Waals surface area contributed by atoms with Crippen LogP contribution in [-0.2, 0) is 16.1 Å². The first-order chi connectivity index (χ1) is 19.4. The van der Waals surface area contributed by atoms with Crippen molar-refractivity contribution in [3.05, 3.63) is 106 Å². The Hall–Kier alpha value is -4.27. The maximum Gasteiger partial charge on any atom is 0.290 e. The highest BCUT2D eigenvalue weighted by molar-refractivity contribution is 6.31. The number of carbonyl (C=O) groups is 2. The van der Waals surface area contributed by atoms with E-state index in [-0.39, 0.29) is 17.9 Å². The van der Waals surface area contributed by atoms with Crippen molar-refractivity contribution in [2.24, 2.45) is 0 Å². The van der Waals surface area contributed by atoms with Crippen molar-refractivity contribution >= 4 is 34.3 Å². The third-order valence-corrected chi connectivity index (χ3v) is 6.93. The zero-order valence-electron chi connectivity index (χ0n) is 22.1. The summed E-state index contributed by atoms with van der Waals surface area (Å²) in [6.45, 7) is 1.02. The lowest BCUT2D eigenvalue weighted by Gasteiger charge is -2.27. The Morgan fingerprint density at radius 3 is 2.60 bits per heavy atom. The zero-order chi connectivity index (χ0) is 28.2. The van der Waals surface area contributed by atoms with E-state index in [0.29, 0.717) is 52.7 Å². The minimum Gasteiger partial charge on any atom is -0.503 e. The maximum atomic E-state index is 13.9. The molecule has 2 heterocycles. The molecule has 1 atom stereocenters. The van der Waals surface area contributed by atoms with Crippen LogP contribution in [0.4, 0.5) is 0 Å². The van der Waals surface area contributed by atoms with Crippen LogP contribution in [-0.4, -0.2) is 49.1 Å². The van der Waals surface area contributed by atoms with Gasteiger partial charge < -0.3 is 28.6 Å². The van der Waals surface area contributed by atoms with Crippen LogP contribution in [0.2, 0.25) is 5.02 Å². The van der Waals surface area contributed by atoms with Gasteiger partial charge in [-0.2, -0.15) is 0 Å². The summed E-state index contributed by atoms with van der Waals surface area (Å²) in [6, 6.07) is 20.8. The van der Waals surface area contributed by atoms with Gasteiger partial charge >= 0.3 is 0 Å². The van der Waals surface area contributed by atoms with Gasteiger partial charge in [-0.15, -0.1) is 0 Å². The molecular formula is C31H28ClNO7. The van der Waals surface area contributed by atoms with Crippen LogP contribution >= 0.6 is 11.6 Å². The van der Waals surface area contributed by atoms with Crippen molar-refractivity contribution in [1.82, 2.24) is 4.90 Å². The summed E-state index contributed by atoms with van der Waals surface area (Å²) in [4.78, 5) is 28.6. The van der Waals surface area contributed by atoms with Crippen LogP contribution in [0.25, 0.3) is 11.0 Å². The topological polar surface area (TPSA) is 98.4 Å². The highest BCUT2D eigenvalue weighted by Gasteiger charge is 2.44. The first kappa shape index (κ1) is 27.3. The largest absolute Gasteiger partial charge is 0.503 e. The number of rotatable bonds is 11. The summed E-state index contributed by atoms with van der Waals surface area (Å²) in [6.07, 6.45) is 0.512. The van der Waals surface area contributed by atoms with Gasteiger partial charge in [0.2, 0.25) is 5.78 Å². The molecule has 3 aromatic carbocycles. The van der Waals surface area contributed by atoms with E-state index in [9.17, 15) is 14.7 Å². The van der Waals surface area contributed by atoms with Crippen molar-refractivity contribution < 1.29 is 33.3 Å². The fraction of sp³-hybridized carbons (Fsp3) is 0.226. The quantitative estimate of drug-likeness (QED) is 0.170. The third kappa shape index (κ3) is 5.41. The van der Waals surface area contributed by atoms with E-state index in [2.05, 4.69) is 0 Å². The number of carbonyl (C=O) groups excluding carboxylic acids is 2. The summed E-state index contributed by atoms with van der Waals surface area (Å²) in [7, 11) is 3.05. The number of nitrogens with zero attached hydrogens (tertiary/aromatic N) is 1. The van der Waals surface area contributed by atoms with Crippen molar-refractivity contribution in [2.45, 2.75) is 19.1 Å². The molecule has 1 aromatic heterocycles. The van der Waals surface area contributed by atoms with Gasteiger partial charge in [-0.3, -0.25) is 9.59 Å². The summed E-state index contributed by atoms with van der Waals surface area (Å²) in [5, 5.41) is 12.0. The number of ether oxygens (including phenoxy) is 3. The Morgan fingerprint density at radius 2 is 1.85 bits per heavy atom. The van der Waals surface area contributed by atoms with Crippen LogP contribution < -0.4 is 9.47 Å². The molecule has 0 bridgehead atoms. The molecule has 0 spiro atoms. The second kappa shape index (κ2) is 11.9. The maximum absolute atomic E-state index is 13.9. The average molecular weight is 562 g/mol. The lowest BCUT2D eigenvalue weighted by Crippen LogP contribution is -2.32. The Balaban J connectivity index is 1.52. The number of hydrogen-bond acceptors (Lipinski definition) is 7. The van der Waals surface area contributed by atoms with E-state index in [1.54, 1.807) is 43.5 Å². The fourth-order valence-corrected chi connectivity index (χ4v) is 5.06. The number of furan rings is 1. The van der Waals surface area contributed by atoms with E-state index in [0.717, 1.165) is 5.56 Å². The molecule has 0 saturated heterocycles. The number of benzene rings is 3. The minimum atomic E-state index is -0.865. The molecule has 9 heteroatoms. The van der Waals surface area contributed by atoms with Gasteiger partial charge in [0.1, 0.15) is 12.4 Å². The highest BCUT2D eigenvalue weighted by Crippen LogP contribution is 2.41. The molecule has 40 heavy (non-hydrogen) atoms. The van der Waals surface area contributed by atoms with Crippen molar-refractivity contribution in [2.75, 3.05) is 27.4 Å². The molecule has 1 N–H and O–H groups in total. The summed E-state index contributed by atoms with van der Waals surface area (Å²) >= 11 is 6.19. The number of methoxy groups -OCH3 is 2. The number of halogens is 1. The zero-order valence-corrected chi connectivity index (χ0v) is 22.8. The molecule has 5 rings (SSSR count). The standard InChI is InChI=1S/C31H28ClNO7/c1-37-13-7-12-33-27(20-10-6-11-23(15-20)39-18-19-8-4-3-5-9-19)26(29(35)31(33)36)28(34)24-16-21-14-22(32)17-25(38-2)30(21)40-24/h3-6,8-11,14-17,27,35H,7,12-13,18H2,1-2H3. The monoisotopic (exact) mass is 561 g/mol. The van der Waals surface area contributed by atoms with Crippen LogP contribution in [0.3, 0.4) is 0 Å². The molecule has 4 aromatic rings. The first-order valence-electron chi connectivity index (χ1n) is 12.7. The first-order valence-corrected chi connectivity index (χ1v) is 13.1. The fourth-order valence-electron chi connectivity index (χ4n) is 4.84. The lowest BCUT2D eigenvalue weighted by molar-refractivity contribution is -0.129. The molecule has 1 aliphatic heterocycles. The molecule has 206 valence electrons. The Labute approximate surface area is 236 Å². The van der Waals surface area contributed by atoms with E-state index in [1.807, 2.05) is 30.3 Å². The predicted octanol–water partition coefficient (Wildman–Crippen LogP) is 6.29. The number of fused-ring (bicyclic) bond motifs is 1. The molecule has 1 aliphatic rings. The minimum absolute atomic E-state index is 0.0508.